The van der Waals surface area contributed by atoms with Gasteiger partial charge in [0.05, 0.1) is 17.7 Å². The van der Waals surface area contributed by atoms with E-state index in [2.05, 4.69) is 30.2 Å². The molecule has 4 heterocycles. The number of aliphatic hydroxyl groups is 1. The molecule has 0 aliphatic heterocycles. The highest BCUT2D eigenvalue weighted by atomic mass is 19.3. The molecule has 0 saturated heterocycles. The molecule has 4 aromatic rings. The summed E-state index contributed by atoms with van der Waals surface area (Å²) >= 11 is 0. The largest absolute Gasteiger partial charge is 0.390 e. The van der Waals surface area contributed by atoms with Crippen molar-refractivity contribution in [2.24, 2.45) is 0 Å². The second-order valence-electron chi connectivity index (χ2n) is 8.88. The summed E-state index contributed by atoms with van der Waals surface area (Å²) in [5.41, 5.74) is 2.78. The Bertz CT molecular complexity index is 1290. The van der Waals surface area contributed by atoms with Gasteiger partial charge in [-0.1, -0.05) is 6.92 Å². The number of nitrogens with one attached hydrogen (secondary N) is 2. The molecule has 0 spiro atoms. The van der Waals surface area contributed by atoms with Crippen molar-refractivity contribution in [3.63, 3.8) is 0 Å². The fourth-order valence-corrected chi connectivity index (χ4v) is 4.69. The second kappa shape index (κ2) is 8.33. The van der Waals surface area contributed by atoms with Gasteiger partial charge in [0.1, 0.15) is 11.5 Å². The summed E-state index contributed by atoms with van der Waals surface area (Å²) < 4.78 is 27.6. The minimum Gasteiger partial charge on any atom is -0.390 e. The minimum absolute atomic E-state index is 0.230. The van der Waals surface area contributed by atoms with Crippen LogP contribution in [-0.4, -0.2) is 52.7 Å². The first-order chi connectivity index (χ1) is 15.8. The fraction of sp³-hybridized carbons (Fsp3) is 0.478. The predicted octanol–water partition coefficient (Wildman–Crippen LogP) is 4.44. The molecule has 1 aliphatic carbocycles. The minimum atomic E-state index is -2.47. The number of fused-ring (bicyclic) bond motifs is 2. The number of hydrogen-bond acceptors (Lipinski definition) is 6. The number of anilines is 1. The maximum Gasteiger partial charge on any atom is 0.256 e. The summed E-state index contributed by atoms with van der Waals surface area (Å²) in [5.74, 6) is 1.05. The highest BCUT2D eigenvalue weighted by molar-refractivity contribution is 5.95. The van der Waals surface area contributed by atoms with E-state index >= 15 is 0 Å². The van der Waals surface area contributed by atoms with E-state index in [0.717, 1.165) is 48.6 Å². The Kier molecular flexibility index (Phi) is 5.48. The Balaban J connectivity index is 1.40. The fourth-order valence-electron chi connectivity index (χ4n) is 4.69. The van der Waals surface area contributed by atoms with Crippen LogP contribution in [-0.2, 0) is 6.54 Å². The molecule has 1 fully saturated rings. The van der Waals surface area contributed by atoms with Crippen LogP contribution in [0.3, 0.4) is 0 Å². The number of alkyl halides is 2. The van der Waals surface area contributed by atoms with Gasteiger partial charge in [-0.2, -0.15) is 4.98 Å². The lowest BCUT2D eigenvalue weighted by atomic mass is 9.80. The van der Waals surface area contributed by atoms with E-state index < -0.39 is 18.6 Å². The van der Waals surface area contributed by atoms with E-state index in [0.29, 0.717) is 28.6 Å². The maximum atomic E-state index is 13.0. The first kappa shape index (κ1) is 21.7. The van der Waals surface area contributed by atoms with Gasteiger partial charge in [-0.25, -0.2) is 23.7 Å². The van der Waals surface area contributed by atoms with Gasteiger partial charge in [0.15, 0.2) is 5.65 Å². The molecule has 5 rings (SSSR count). The molecular formula is C23H27F2N7O. The predicted molar refractivity (Wildman–Crippen MR) is 122 cm³/mol. The molecule has 174 valence electrons. The van der Waals surface area contributed by atoms with Gasteiger partial charge in [-0.15, -0.1) is 0 Å². The standard InChI is InChI=1S/C23H27F2N7O/c1-3-23(33)6-4-15(5-7-23)30-22-28-11-17-16(10-27-20(17)31-22)14-8-18-21(26-9-14)29-13(2)32(18)12-19(24)25/h8-11,15,19,33H,3-7,12H2,1-2H3,(H2,27,28,30,31). The third-order valence-electron chi connectivity index (χ3n) is 6.77. The number of halogens is 2. The van der Waals surface area contributed by atoms with Crippen molar-refractivity contribution in [1.29, 1.82) is 0 Å². The molecule has 0 unspecified atom stereocenters. The zero-order valence-corrected chi connectivity index (χ0v) is 18.6. The lowest BCUT2D eigenvalue weighted by molar-refractivity contribution is -0.00198. The molecule has 1 aliphatic rings. The van der Waals surface area contributed by atoms with Gasteiger partial charge in [0, 0.05) is 41.1 Å². The number of aromatic nitrogens is 6. The van der Waals surface area contributed by atoms with Crippen LogP contribution < -0.4 is 5.32 Å². The Morgan fingerprint density at radius 1 is 1.24 bits per heavy atom. The zero-order chi connectivity index (χ0) is 23.2. The van der Waals surface area contributed by atoms with Gasteiger partial charge in [-0.3, -0.25) is 0 Å². The highest BCUT2D eigenvalue weighted by Gasteiger charge is 2.31. The van der Waals surface area contributed by atoms with E-state index in [1.807, 2.05) is 19.2 Å². The number of nitrogens with zero attached hydrogens (tertiary/aromatic N) is 5. The monoisotopic (exact) mass is 455 g/mol. The van der Waals surface area contributed by atoms with Crippen LogP contribution in [0.1, 0.15) is 44.9 Å². The molecule has 4 aromatic heterocycles. The Morgan fingerprint density at radius 3 is 2.76 bits per heavy atom. The number of rotatable bonds is 6. The van der Waals surface area contributed by atoms with E-state index in [9.17, 15) is 13.9 Å². The molecule has 10 heteroatoms. The number of aromatic amines is 1. The van der Waals surface area contributed by atoms with Gasteiger partial charge >= 0.3 is 0 Å². The number of hydrogen-bond donors (Lipinski definition) is 3. The molecule has 0 aromatic carbocycles. The average Bonchev–Trinajstić information content (AvgIpc) is 3.35. The number of aryl methyl sites for hydroxylation is 1. The highest BCUT2D eigenvalue weighted by Crippen LogP contribution is 2.33. The molecular weight excluding hydrogens is 428 g/mol. The van der Waals surface area contributed by atoms with E-state index in [4.69, 9.17) is 0 Å². The summed E-state index contributed by atoms with van der Waals surface area (Å²) in [6, 6.07) is 2.06. The summed E-state index contributed by atoms with van der Waals surface area (Å²) in [6.07, 6.45) is 6.86. The number of pyridine rings is 1. The third kappa shape index (κ3) is 4.15. The van der Waals surface area contributed by atoms with E-state index in [1.165, 1.54) is 4.57 Å². The molecule has 1 saturated carbocycles. The Hall–Kier alpha value is -3.14. The maximum absolute atomic E-state index is 13.0. The molecule has 0 bridgehead atoms. The SMILES string of the molecule is CCC1(O)CCC(Nc2ncc3c(-c4cnc5nc(C)n(CC(F)F)c5c4)c[nH]c3n2)CC1. The van der Waals surface area contributed by atoms with Crippen molar-refractivity contribution >= 4 is 28.1 Å². The Morgan fingerprint density at radius 2 is 2.03 bits per heavy atom. The van der Waals surface area contributed by atoms with Gasteiger partial charge in [0.25, 0.3) is 6.43 Å². The van der Waals surface area contributed by atoms with Crippen molar-refractivity contribution < 1.29 is 13.9 Å². The molecule has 3 N–H and O–H groups in total. The number of H-pyrrole nitrogens is 1. The topological polar surface area (TPSA) is 105 Å². The van der Waals surface area contributed by atoms with Crippen molar-refractivity contribution in [1.82, 2.24) is 29.5 Å². The molecule has 33 heavy (non-hydrogen) atoms. The summed E-state index contributed by atoms with van der Waals surface area (Å²) in [6.45, 7) is 3.30. The van der Waals surface area contributed by atoms with Gasteiger partial charge < -0.3 is 20.0 Å². The van der Waals surface area contributed by atoms with Gasteiger partial charge in [-0.05, 0) is 45.1 Å². The third-order valence-corrected chi connectivity index (χ3v) is 6.77. The van der Waals surface area contributed by atoms with E-state index in [-0.39, 0.29) is 6.04 Å². The lowest BCUT2D eigenvalue weighted by Crippen LogP contribution is -2.38. The molecule has 0 amide bonds. The van der Waals surface area contributed by atoms with Crippen LogP contribution in [0.25, 0.3) is 33.3 Å². The lowest BCUT2D eigenvalue weighted by Gasteiger charge is -2.35. The quantitative estimate of drug-likeness (QED) is 0.397. The van der Waals surface area contributed by atoms with Crippen LogP contribution >= 0.6 is 0 Å². The van der Waals surface area contributed by atoms with Crippen molar-refractivity contribution in [3.05, 3.63) is 30.5 Å². The molecule has 0 radical (unpaired) electrons. The molecule has 8 nitrogen and oxygen atoms in total. The number of imidazole rings is 1. The first-order valence-corrected chi connectivity index (χ1v) is 11.3. The van der Waals surface area contributed by atoms with Crippen molar-refractivity contribution in [2.75, 3.05) is 5.32 Å². The van der Waals surface area contributed by atoms with Crippen LogP contribution in [0.4, 0.5) is 14.7 Å². The van der Waals surface area contributed by atoms with Crippen molar-refractivity contribution in [3.8, 4) is 11.1 Å². The summed E-state index contributed by atoms with van der Waals surface area (Å²) in [7, 11) is 0. The van der Waals surface area contributed by atoms with Crippen LogP contribution in [0, 0.1) is 6.92 Å². The Labute approximate surface area is 189 Å². The van der Waals surface area contributed by atoms with E-state index in [1.54, 1.807) is 19.3 Å². The van der Waals surface area contributed by atoms with Crippen LogP contribution in [0.15, 0.2) is 24.7 Å². The van der Waals surface area contributed by atoms with Crippen molar-refractivity contribution in [2.45, 2.75) is 70.6 Å². The van der Waals surface area contributed by atoms with Crippen LogP contribution in [0.2, 0.25) is 0 Å². The second-order valence-corrected chi connectivity index (χ2v) is 8.88. The smallest absolute Gasteiger partial charge is 0.256 e. The summed E-state index contributed by atoms with van der Waals surface area (Å²) in [5, 5.41) is 14.6. The van der Waals surface area contributed by atoms with Gasteiger partial charge in [0.2, 0.25) is 5.95 Å². The molecule has 0 atom stereocenters. The normalized spacial score (nSPS) is 21.3. The summed E-state index contributed by atoms with van der Waals surface area (Å²) in [4.78, 5) is 21.0. The zero-order valence-electron chi connectivity index (χ0n) is 18.6. The van der Waals surface area contributed by atoms with Crippen LogP contribution in [0.5, 0.6) is 0 Å². The average molecular weight is 456 g/mol. The first-order valence-electron chi connectivity index (χ1n) is 11.3.